The molecule has 3 nitrogen and oxygen atoms in total. The Kier molecular flexibility index (Phi) is 5.82. The minimum Gasteiger partial charge on any atom is -0.724 e. The number of carbonyl (C=O) groups excluding carboxylic acids is 1. The van der Waals surface area contributed by atoms with Gasteiger partial charge in [-0.3, -0.25) is 4.79 Å². The molecule has 0 aromatic rings. The van der Waals surface area contributed by atoms with Crippen LogP contribution in [0.4, 0.5) is 0 Å². The van der Waals surface area contributed by atoms with E-state index in [1.54, 1.807) is 0 Å². The summed E-state index contributed by atoms with van der Waals surface area (Å²) in [6.07, 6.45) is 0.500. The number of hydrogen-bond donors (Lipinski definition) is 0. The Morgan fingerprint density at radius 2 is 1.25 bits per heavy atom. The van der Waals surface area contributed by atoms with Crippen LogP contribution < -0.4 is 0 Å². The van der Waals surface area contributed by atoms with E-state index >= 15 is 0 Å². The lowest BCUT2D eigenvalue weighted by Crippen LogP contribution is -2.27. The van der Waals surface area contributed by atoms with Crippen LogP contribution in [0.25, 0.3) is 5.41 Å². The van der Waals surface area contributed by atoms with E-state index in [1.807, 2.05) is 0 Å². The summed E-state index contributed by atoms with van der Waals surface area (Å²) in [6.45, 7) is 0. The molecule has 0 atom stereocenters. The van der Waals surface area contributed by atoms with Crippen LogP contribution in [0.5, 0.6) is 0 Å². The first-order valence-electron chi connectivity index (χ1n) is 2.22. The molecular weight excluding hydrogens is 104 g/mol. The molecule has 0 saturated carbocycles. The Morgan fingerprint density at radius 3 is 1.25 bits per heavy atom. The average molecular weight is 116 g/mol. The molecule has 0 radical (unpaired) electrons. The van der Waals surface area contributed by atoms with Gasteiger partial charge in [-0.2, -0.15) is 0 Å². The quantitative estimate of drug-likeness (QED) is 0.253. The van der Waals surface area contributed by atoms with Crippen molar-refractivity contribution < 1.29 is 9.28 Å². The maximum absolute atomic E-state index is 8.24. The van der Waals surface area contributed by atoms with Crippen molar-refractivity contribution in [2.45, 2.75) is 0 Å². The van der Waals surface area contributed by atoms with Crippen molar-refractivity contribution in [1.29, 1.82) is 0 Å². The van der Waals surface area contributed by atoms with Gasteiger partial charge < -0.3 is 9.89 Å². The molecule has 8 heavy (non-hydrogen) atoms. The van der Waals surface area contributed by atoms with Crippen molar-refractivity contribution in [2.24, 2.45) is 0 Å². The van der Waals surface area contributed by atoms with Gasteiger partial charge in [-0.05, 0) is 6.08 Å². The van der Waals surface area contributed by atoms with E-state index in [1.165, 1.54) is 0 Å². The van der Waals surface area contributed by atoms with E-state index < -0.39 is 0 Å². The van der Waals surface area contributed by atoms with Crippen LogP contribution in [-0.4, -0.2) is 38.8 Å². The molecule has 0 aromatic heterocycles. The summed E-state index contributed by atoms with van der Waals surface area (Å²) in [7, 11) is 8.50. The van der Waals surface area contributed by atoms with Crippen LogP contribution in [0.15, 0.2) is 0 Å². The monoisotopic (exact) mass is 116 g/mol. The zero-order chi connectivity index (χ0) is 7.21. The fourth-order valence-electron chi connectivity index (χ4n) is 0. The summed E-state index contributed by atoms with van der Waals surface area (Å²) < 4.78 is 1.00. The lowest BCUT2D eigenvalue weighted by molar-refractivity contribution is -0.849. The van der Waals surface area contributed by atoms with Gasteiger partial charge in [-0.1, -0.05) is 0 Å². The molecule has 0 N–H and O–H groups in total. The van der Waals surface area contributed by atoms with Gasteiger partial charge in [0.2, 0.25) is 0 Å². The number of rotatable bonds is 0. The topological polar surface area (TPSA) is 39.4 Å². The smallest absolute Gasteiger partial charge is 0.0675 e. The van der Waals surface area contributed by atoms with E-state index in [0.717, 1.165) is 4.48 Å². The van der Waals surface area contributed by atoms with Crippen LogP contribution in [0.1, 0.15) is 0 Å². The summed E-state index contributed by atoms with van der Waals surface area (Å²) in [5, 5.41) is 6.76. The number of hydrogen-bond acceptors (Lipinski definition) is 1. The van der Waals surface area contributed by atoms with Crippen molar-refractivity contribution in [2.75, 3.05) is 28.2 Å². The third-order valence-corrected chi connectivity index (χ3v) is 0. The highest BCUT2D eigenvalue weighted by molar-refractivity contribution is 5.36. The van der Waals surface area contributed by atoms with Gasteiger partial charge in [0.05, 0.1) is 28.2 Å². The van der Waals surface area contributed by atoms with Gasteiger partial charge in [0.1, 0.15) is 0 Å². The third-order valence-electron chi connectivity index (χ3n) is 0. The van der Waals surface area contributed by atoms with Gasteiger partial charge in [-0.25, -0.2) is 0 Å². The van der Waals surface area contributed by atoms with E-state index in [-0.39, 0.29) is 0 Å². The lowest BCUT2D eigenvalue weighted by Gasteiger charge is -2.14. The highest BCUT2D eigenvalue weighted by Gasteiger charge is 1.88. The molecule has 0 fully saturated rings. The highest BCUT2D eigenvalue weighted by atomic mass is 16.1. The van der Waals surface area contributed by atoms with E-state index in [4.69, 9.17) is 10.2 Å². The predicted octanol–water partition coefficient (Wildman–Crippen LogP) is 0.214. The number of quaternary nitrogens is 1. The second-order valence-electron chi connectivity index (χ2n) is 2.77. The van der Waals surface area contributed by atoms with Crippen molar-refractivity contribution >= 4 is 6.08 Å². The number of isocyanates is 1. The molecule has 0 rings (SSSR count). The molecular formula is C5H12N2O. The van der Waals surface area contributed by atoms with Crippen molar-refractivity contribution in [3.63, 3.8) is 0 Å². The van der Waals surface area contributed by atoms with Crippen LogP contribution in [0.2, 0.25) is 0 Å². The molecule has 0 aliphatic heterocycles. The molecule has 48 valence electrons. The molecule has 0 aromatic carbocycles. The summed E-state index contributed by atoms with van der Waals surface area (Å²) in [6, 6.07) is 0. The van der Waals surface area contributed by atoms with E-state index in [9.17, 15) is 0 Å². The molecule has 0 saturated heterocycles. The SMILES string of the molecule is C[N+](C)(C)C.[N-]=C=O. The summed E-state index contributed by atoms with van der Waals surface area (Å²) >= 11 is 0. The Labute approximate surface area is 50.0 Å². The van der Waals surface area contributed by atoms with Crippen LogP contribution in [0, 0.1) is 0 Å². The van der Waals surface area contributed by atoms with Crippen molar-refractivity contribution in [3.05, 3.63) is 5.41 Å². The van der Waals surface area contributed by atoms with Gasteiger partial charge in [-0.15, -0.1) is 0 Å². The minimum absolute atomic E-state index is 0.500. The zero-order valence-electron chi connectivity index (χ0n) is 5.80. The van der Waals surface area contributed by atoms with Crippen LogP contribution >= 0.6 is 0 Å². The maximum atomic E-state index is 8.24. The molecule has 3 heteroatoms. The maximum Gasteiger partial charge on any atom is 0.0675 e. The fraction of sp³-hybridized carbons (Fsp3) is 0.800. The highest BCUT2D eigenvalue weighted by Crippen LogP contribution is 1.73. The zero-order valence-corrected chi connectivity index (χ0v) is 5.80. The second-order valence-corrected chi connectivity index (χ2v) is 2.77. The molecule has 0 aliphatic carbocycles. The van der Waals surface area contributed by atoms with E-state index in [2.05, 4.69) is 28.2 Å². The molecule has 0 unspecified atom stereocenters. The third kappa shape index (κ3) is 231. The second kappa shape index (κ2) is 4.50. The predicted molar refractivity (Wildman–Crippen MR) is 33.0 cm³/mol. The van der Waals surface area contributed by atoms with Gasteiger partial charge in [0.25, 0.3) is 0 Å². The Balaban J connectivity index is 0. The molecule has 0 heterocycles. The minimum atomic E-state index is 0.500. The summed E-state index contributed by atoms with van der Waals surface area (Å²) in [5.74, 6) is 0. The largest absolute Gasteiger partial charge is 0.724 e. The van der Waals surface area contributed by atoms with Gasteiger partial charge >= 0.3 is 0 Å². The Morgan fingerprint density at radius 1 is 1.25 bits per heavy atom. The lowest BCUT2D eigenvalue weighted by atomic mass is 10.8. The summed E-state index contributed by atoms with van der Waals surface area (Å²) in [4.78, 5) is 8.24. The molecule has 0 amide bonds. The number of nitrogens with zero attached hydrogens (tertiary/aromatic N) is 2. The van der Waals surface area contributed by atoms with E-state index in [0.29, 0.717) is 6.08 Å². The van der Waals surface area contributed by atoms with Crippen molar-refractivity contribution in [1.82, 2.24) is 0 Å². The standard InChI is InChI=1S/C4H12N.CNO/c1-5(2,3)4;2-1-3/h1-4H3;/q+1;-1. The fourth-order valence-corrected chi connectivity index (χ4v) is 0. The molecule has 0 aliphatic rings. The Hall–Kier alpha value is -0.660. The first-order valence-corrected chi connectivity index (χ1v) is 2.22. The molecule has 0 spiro atoms. The Bertz CT molecular complexity index is 70.9. The first kappa shape index (κ1) is 10.3. The van der Waals surface area contributed by atoms with Crippen LogP contribution in [-0.2, 0) is 4.79 Å². The van der Waals surface area contributed by atoms with Gasteiger partial charge in [0.15, 0.2) is 0 Å². The normalized spacial score (nSPS) is 8.50. The molecule has 0 bridgehead atoms. The average Bonchev–Trinajstić information content (AvgIpc) is 1.27. The van der Waals surface area contributed by atoms with Gasteiger partial charge in [0, 0.05) is 0 Å². The first-order chi connectivity index (χ1) is 3.41. The summed E-state index contributed by atoms with van der Waals surface area (Å²) in [5.41, 5.74) is 0. The van der Waals surface area contributed by atoms with Crippen LogP contribution in [0.3, 0.4) is 0 Å². The van der Waals surface area contributed by atoms with Crippen molar-refractivity contribution in [3.8, 4) is 0 Å².